The molecule has 1 atom stereocenters. The van der Waals surface area contributed by atoms with Gasteiger partial charge in [0, 0.05) is 16.1 Å². The summed E-state index contributed by atoms with van der Waals surface area (Å²) < 4.78 is 37.5. The third-order valence-corrected chi connectivity index (χ3v) is 4.69. The van der Waals surface area contributed by atoms with E-state index in [1.165, 1.54) is 23.9 Å². The van der Waals surface area contributed by atoms with Crippen molar-refractivity contribution in [2.45, 2.75) is 17.1 Å². The molecule has 0 bridgehead atoms. The van der Waals surface area contributed by atoms with Crippen LogP contribution in [0, 0.1) is 5.82 Å². The number of carbonyl (C=O) groups excluding carboxylic acids is 1. The third-order valence-electron chi connectivity index (χ3n) is 2.97. The second-order valence-electron chi connectivity index (χ2n) is 5.03. The van der Waals surface area contributed by atoms with Gasteiger partial charge in [-0.3, -0.25) is 9.52 Å². The van der Waals surface area contributed by atoms with Gasteiger partial charge in [0.2, 0.25) is 10.0 Å². The SMILES string of the molecule is CC(Sc1ccc(F)cc1)C(=O)c1ccc(NS(C)(=O)=O)cc1. The smallest absolute Gasteiger partial charge is 0.229 e. The number of rotatable bonds is 6. The van der Waals surface area contributed by atoms with E-state index in [9.17, 15) is 17.6 Å². The van der Waals surface area contributed by atoms with Crippen LogP contribution < -0.4 is 4.72 Å². The van der Waals surface area contributed by atoms with Gasteiger partial charge >= 0.3 is 0 Å². The van der Waals surface area contributed by atoms with Crippen molar-refractivity contribution in [2.24, 2.45) is 0 Å². The van der Waals surface area contributed by atoms with Crippen molar-refractivity contribution in [1.82, 2.24) is 0 Å². The molecule has 0 saturated carbocycles. The summed E-state index contributed by atoms with van der Waals surface area (Å²) in [6, 6.07) is 12.2. The topological polar surface area (TPSA) is 63.2 Å². The molecule has 0 fully saturated rings. The fourth-order valence-corrected chi connectivity index (χ4v) is 3.43. The number of nitrogens with one attached hydrogen (secondary N) is 1. The van der Waals surface area contributed by atoms with Gasteiger partial charge in [-0.1, -0.05) is 0 Å². The number of halogens is 1. The molecule has 7 heteroatoms. The average Bonchev–Trinajstić information content (AvgIpc) is 2.48. The van der Waals surface area contributed by atoms with Crippen LogP contribution in [0.1, 0.15) is 17.3 Å². The highest BCUT2D eigenvalue weighted by Crippen LogP contribution is 2.26. The van der Waals surface area contributed by atoms with E-state index in [1.807, 2.05) is 0 Å². The van der Waals surface area contributed by atoms with Crippen LogP contribution in [-0.4, -0.2) is 25.7 Å². The summed E-state index contributed by atoms with van der Waals surface area (Å²) in [5, 5.41) is -0.339. The second kappa shape index (κ2) is 7.14. The normalized spacial score (nSPS) is 12.7. The van der Waals surface area contributed by atoms with Gasteiger partial charge in [-0.2, -0.15) is 0 Å². The Hall–Kier alpha value is -1.86. The molecular weight excluding hydrogens is 337 g/mol. The molecule has 0 saturated heterocycles. The molecule has 0 radical (unpaired) electrons. The van der Waals surface area contributed by atoms with Crippen molar-refractivity contribution in [2.75, 3.05) is 11.0 Å². The van der Waals surface area contributed by atoms with Crippen LogP contribution >= 0.6 is 11.8 Å². The predicted molar refractivity (Wildman–Crippen MR) is 91.0 cm³/mol. The molecule has 0 aliphatic heterocycles. The van der Waals surface area contributed by atoms with Gasteiger partial charge in [-0.15, -0.1) is 11.8 Å². The molecular formula is C16H16FNO3S2. The first kappa shape index (κ1) is 17.5. The highest BCUT2D eigenvalue weighted by atomic mass is 32.2. The fourth-order valence-electron chi connectivity index (χ4n) is 1.92. The maximum Gasteiger partial charge on any atom is 0.229 e. The van der Waals surface area contributed by atoms with E-state index in [4.69, 9.17) is 0 Å². The van der Waals surface area contributed by atoms with Crippen molar-refractivity contribution in [3.05, 3.63) is 59.9 Å². The number of hydrogen-bond donors (Lipinski definition) is 1. The van der Waals surface area contributed by atoms with E-state index in [0.717, 1.165) is 11.2 Å². The number of benzene rings is 2. The minimum Gasteiger partial charge on any atom is -0.293 e. The molecule has 23 heavy (non-hydrogen) atoms. The van der Waals surface area contributed by atoms with E-state index in [-0.39, 0.29) is 16.9 Å². The Balaban J connectivity index is 2.05. The Morgan fingerprint density at radius 2 is 1.65 bits per heavy atom. The van der Waals surface area contributed by atoms with Gasteiger partial charge in [-0.25, -0.2) is 12.8 Å². The average molecular weight is 353 g/mol. The fraction of sp³-hybridized carbons (Fsp3) is 0.188. The number of thioether (sulfide) groups is 1. The Bertz CT molecular complexity index is 787. The summed E-state index contributed by atoms with van der Waals surface area (Å²) in [6.45, 7) is 1.78. The van der Waals surface area contributed by atoms with Crippen molar-refractivity contribution in [3.63, 3.8) is 0 Å². The van der Waals surface area contributed by atoms with Crippen LogP contribution in [0.5, 0.6) is 0 Å². The molecule has 0 heterocycles. The molecule has 0 aliphatic carbocycles. The van der Waals surface area contributed by atoms with Crippen LogP contribution in [0.2, 0.25) is 0 Å². The van der Waals surface area contributed by atoms with Crippen molar-refractivity contribution in [1.29, 1.82) is 0 Å². The van der Waals surface area contributed by atoms with Gasteiger partial charge in [-0.05, 0) is 55.5 Å². The number of sulfonamides is 1. The summed E-state index contributed by atoms with van der Waals surface area (Å²) in [4.78, 5) is 13.2. The lowest BCUT2D eigenvalue weighted by Crippen LogP contribution is -2.14. The number of Topliss-reactive ketones (excluding diaryl/α,β-unsaturated/α-hetero) is 1. The molecule has 4 nitrogen and oxygen atoms in total. The Kier molecular flexibility index (Phi) is 5.43. The van der Waals surface area contributed by atoms with Crippen LogP contribution in [0.3, 0.4) is 0 Å². The molecule has 0 aromatic heterocycles. The molecule has 2 rings (SSSR count). The van der Waals surface area contributed by atoms with Gasteiger partial charge in [0.15, 0.2) is 5.78 Å². The summed E-state index contributed by atoms with van der Waals surface area (Å²) in [6.07, 6.45) is 1.06. The first-order chi connectivity index (χ1) is 10.7. The Morgan fingerprint density at radius 3 is 2.17 bits per heavy atom. The van der Waals surface area contributed by atoms with Crippen LogP contribution in [0.4, 0.5) is 10.1 Å². The quantitative estimate of drug-likeness (QED) is 0.637. The van der Waals surface area contributed by atoms with E-state index in [2.05, 4.69) is 4.72 Å². The summed E-state index contributed by atoms with van der Waals surface area (Å²) >= 11 is 1.34. The highest BCUT2D eigenvalue weighted by Gasteiger charge is 2.16. The zero-order valence-corrected chi connectivity index (χ0v) is 14.2. The number of ketones is 1. The first-order valence-electron chi connectivity index (χ1n) is 6.79. The third kappa shape index (κ3) is 5.37. The number of anilines is 1. The maximum atomic E-state index is 12.9. The minimum absolute atomic E-state index is 0.0785. The lowest BCUT2D eigenvalue weighted by atomic mass is 10.1. The predicted octanol–water partition coefficient (Wildman–Crippen LogP) is 3.56. The molecule has 2 aromatic rings. The lowest BCUT2D eigenvalue weighted by molar-refractivity contribution is 0.0994. The van der Waals surface area contributed by atoms with Crippen molar-refractivity contribution in [3.8, 4) is 0 Å². The lowest BCUT2D eigenvalue weighted by Gasteiger charge is -2.11. The maximum absolute atomic E-state index is 12.9. The largest absolute Gasteiger partial charge is 0.293 e. The molecule has 0 aliphatic rings. The van der Waals surface area contributed by atoms with Gasteiger partial charge < -0.3 is 0 Å². The standard InChI is InChI=1S/C16H16FNO3S2/c1-11(22-15-9-5-13(17)6-10-15)16(19)12-3-7-14(8-4-12)18-23(2,20)21/h3-11,18H,1-2H3. The van der Waals surface area contributed by atoms with Crippen molar-refractivity contribution < 1.29 is 17.6 Å². The molecule has 1 unspecified atom stereocenters. The van der Waals surface area contributed by atoms with E-state index < -0.39 is 10.0 Å². The Morgan fingerprint density at radius 1 is 1.09 bits per heavy atom. The molecule has 1 N–H and O–H groups in total. The second-order valence-corrected chi connectivity index (χ2v) is 8.19. The molecule has 0 amide bonds. The summed E-state index contributed by atoms with van der Waals surface area (Å²) in [5.41, 5.74) is 0.897. The van der Waals surface area contributed by atoms with Crippen LogP contribution in [0.25, 0.3) is 0 Å². The monoisotopic (exact) mass is 353 g/mol. The van der Waals surface area contributed by atoms with E-state index in [0.29, 0.717) is 11.3 Å². The summed E-state index contributed by atoms with van der Waals surface area (Å²) in [7, 11) is -3.34. The number of carbonyl (C=O) groups is 1. The molecule has 2 aromatic carbocycles. The van der Waals surface area contributed by atoms with E-state index >= 15 is 0 Å². The van der Waals surface area contributed by atoms with Crippen LogP contribution in [-0.2, 0) is 10.0 Å². The van der Waals surface area contributed by atoms with Crippen molar-refractivity contribution >= 4 is 33.3 Å². The zero-order valence-electron chi connectivity index (χ0n) is 12.6. The van der Waals surface area contributed by atoms with Gasteiger partial charge in [0.25, 0.3) is 0 Å². The molecule has 122 valence electrons. The van der Waals surface area contributed by atoms with E-state index in [1.54, 1.807) is 43.3 Å². The van der Waals surface area contributed by atoms with Crippen LogP contribution in [0.15, 0.2) is 53.4 Å². The number of hydrogen-bond acceptors (Lipinski definition) is 4. The highest BCUT2D eigenvalue weighted by molar-refractivity contribution is 8.00. The Labute approximate surface area is 139 Å². The zero-order chi connectivity index (χ0) is 17.0. The molecule has 0 spiro atoms. The van der Waals surface area contributed by atoms with Gasteiger partial charge in [0.05, 0.1) is 11.5 Å². The first-order valence-corrected chi connectivity index (χ1v) is 9.56. The summed E-state index contributed by atoms with van der Waals surface area (Å²) in [5.74, 6) is -0.396. The van der Waals surface area contributed by atoms with Gasteiger partial charge in [0.1, 0.15) is 5.82 Å². The minimum atomic E-state index is -3.34.